The SMILES string of the molecule is CCNc1cccnc1N1CCN(CCCCCCOc2ccc(OS(C)(=O)=O)cc2)CC1. The van der Waals surface area contributed by atoms with Gasteiger partial charge in [0.1, 0.15) is 11.5 Å². The van der Waals surface area contributed by atoms with Gasteiger partial charge in [0, 0.05) is 38.9 Å². The molecule has 0 spiro atoms. The maximum atomic E-state index is 11.1. The normalized spacial score (nSPS) is 14.8. The summed E-state index contributed by atoms with van der Waals surface area (Å²) in [6.07, 6.45) is 7.42. The average Bonchev–Trinajstić information content (AvgIpc) is 2.80. The number of rotatable bonds is 13. The van der Waals surface area contributed by atoms with Gasteiger partial charge in [-0.25, -0.2) is 4.98 Å². The first-order valence-corrected chi connectivity index (χ1v) is 13.5. The Hall–Kier alpha value is -2.52. The van der Waals surface area contributed by atoms with Crippen molar-refractivity contribution >= 4 is 21.6 Å². The van der Waals surface area contributed by atoms with E-state index in [1.54, 1.807) is 24.3 Å². The van der Waals surface area contributed by atoms with Crippen LogP contribution in [0.25, 0.3) is 0 Å². The molecule has 1 N–H and O–H groups in total. The summed E-state index contributed by atoms with van der Waals surface area (Å²) in [4.78, 5) is 9.52. The average molecular weight is 477 g/mol. The molecule has 182 valence electrons. The van der Waals surface area contributed by atoms with Crippen molar-refractivity contribution in [1.29, 1.82) is 0 Å². The first-order valence-electron chi connectivity index (χ1n) is 11.7. The molecule has 9 heteroatoms. The molecule has 2 heterocycles. The number of hydrogen-bond acceptors (Lipinski definition) is 8. The van der Waals surface area contributed by atoms with Gasteiger partial charge in [-0.15, -0.1) is 0 Å². The van der Waals surface area contributed by atoms with Crippen LogP contribution in [0.3, 0.4) is 0 Å². The molecule has 0 saturated carbocycles. The van der Waals surface area contributed by atoms with Crippen LogP contribution in [0.4, 0.5) is 11.5 Å². The number of piperazine rings is 1. The lowest BCUT2D eigenvalue weighted by Gasteiger charge is -2.36. The fourth-order valence-electron chi connectivity index (χ4n) is 3.91. The van der Waals surface area contributed by atoms with E-state index in [2.05, 4.69) is 33.1 Å². The Morgan fingerprint density at radius 2 is 1.67 bits per heavy atom. The van der Waals surface area contributed by atoms with Crippen LogP contribution >= 0.6 is 0 Å². The van der Waals surface area contributed by atoms with Gasteiger partial charge in [-0.05, 0) is 62.7 Å². The van der Waals surface area contributed by atoms with Crippen LogP contribution in [0.2, 0.25) is 0 Å². The maximum Gasteiger partial charge on any atom is 0.306 e. The summed E-state index contributed by atoms with van der Waals surface area (Å²) in [5.74, 6) is 2.08. The van der Waals surface area contributed by atoms with E-state index < -0.39 is 10.1 Å². The van der Waals surface area contributed by atoms with Crippen LogP contribution in [0.1, 0.15) is 32.6 Å². The lowest BCUT2D eigenvalue weighted by atomic mass is 10.2. The second-order valence-corrected chi connectivity index (χ2v) is 9.83. The minimum absolute atomic E-state index is 0.295. The predicted octanol–water partition coefficient (Wildman–Crippen LogP) is 3.61. The molecule has 1 aliphatic rings. The Labute approximate surface area is 198 Å². The van der Waals surface area contributed by atoms with Crippen LogP contribution in [0, 0.1) is 0 Å². The van der Waals surface area contributed by atoms with Gasteiger partial charge in [0.25, 0.3) is 0 Å². The highest BCUT2D eigenvalue weighted by molar-refractivity contribution is 7.86. The molecule has 1 saturated heterocycles. The monoisotopic (exact) mass is 476 g/mol. The molecular weight excluding hydrogens is 440 g/mol. The number of ether oxygens (including phenoxy) is 1. The summed E-state index contributed by atoms with van der Waals surface area (Å²) in [5, 5.41) is 3.41. The summed E-state index contributed by atoms with van der Waals surface area (Å²) in [5.41, 5.74) is 1.12. The zero-order valence-electron chi connectivity index (χ0n) is 19.7. The van der Waals surface area contributed by atoms with Crippen molar-refractivity contribution in [3.05, 3.63) is 42.6 Å². The van der Waals surface area contributed by atoms with E-state index in [-0.39, 0.29) is 0 Å². The summed E-state index contributed by atoms with van der Waals surface area (Å²) in [6.45, 7) is 8.97. The van der Waals surface area contributed by atoms with E-state index in [1.807, 2.05) is 12.3 Å². The smallest absolute Gasteiger partial charge is 0.306 e. The first-order chi connectivity index (χ1) is 15.9. The Morgan fingerprint density at radius 1 is 0.970 bits per heavy atom. The van der Waals surface area contributed by atoms with Crippen LogP contribution in [-0.2, 0) is 10.1 Å². The van der Waals surface area contributed by atoms with Gasteiger partial charge < -0.3 is 19.1 Å². The molecule has 2 aromatic rings. The topological polar surface area (TPSA) is 84.0 Å². The molecular formula is C24H36N4O4S. The Kier molecular flexibility index (Phi) is 9.62. The zero-order chi connectivity index (χ0) is 23.5. The van der Waals surface area contributed by atoms with Crippen LogP contribution in [-0.4, -0.2) is 70.4 Å². The minimum Gasteiger partial charge on any atom is -0.494 e. The lowest BCUT2D eigenvalue weighted by Crippen LogP contribution is -2.47. The van der Waals surface area contributed by atoms with Crippen molar-refractivity contribution in [2.24, 2.45) is 0 Å². The van der Waals surface area contributed by atoms with Gasteiger partial charge in [-0.3, -0.25) is 4.90 Å². The number of anilines is 2. The van der Waals surface area contributed by atoms with E-state index in [4.69, 9.17) is 8.92 Å². The highest BCUT2D eigenvalue weighted by atomic mass is 32.2. The van der Waals surface area contributed by atoms with Gasteiger partial charge in [0.15, 0.2) is 5.82 Å². The van der Waals surface area contributed by atoms with Gasteiger partial charge in [-0.2, -0.15) is 8.42 Å². The van der Waals surface area contributed by atoms with Gasteiger partial charge in [0.2, 0.25) is 0 Å². The molecule has 3 rings (SSSR count). The van der Waals surface area contributed by atoms with Crippen LogP contribution in [0.5, 0.6) is 11.5 Å². The molecule has 0 bridgehead atoms. The van der Waals surface area contributed by atoms with Crippen molar-refractivity contribution in [1.82, 2.24) is 9.88 Å². The summed E-state index contributed by atoms with van der Waals surface area (Å²) in [7, 11) is -3.50. The molecule has 0 amide bonds. The number of nitrogens with one attached hydrogen (secondary N) is 1. The van der Waals surface area contributed by atoms with E-state index in [9.17, 15) is 8.42 Å². The molecule has 1 aromatic heterocycles. The summed E-state index contributed by atoms with van der Waals surface area (Å²) in [6, 6.07) is 10.7. The Balaban J connectivity index is 1.25. The molecule has 1 fully saturated rings. The van der Waals surface area contributed by atoms with Crippen LogP contribution < -0.4 is 19.1 Å². The number of unbranched alkanes of at least 4 members (excludes halogenated alkanes) is 3. The molecule has 0 aliphatic carbocycles. The number of nitrogens with zero attached hydrogens (tertiary/aromatic N) is 3. The molecule has 0 radical (unpaired) electrons. The molecule has 0 unspecified atom stereocenters. The van der Waals surface area contributed by atoms with E-state index in [0.29, 0.717) is 12.4 Å². The van der Waals surface area contributed by atoms with Gasteiger partial charge in [0.05, 0.1) is 18.6 Å². The fourth-order valence-corrected chi connectivity index (χ4v) is 4.37. The van der Waals surface area contributed by atoms with E-state index >= 15 is 0 Å². The molecule has 1 aliphatic heterocycles. The van der Waals surface area contributed by atoms with Gasteiger partial charge >= 0.3 is 10.1 Å². The minimum atomic E-state index is -3.50. The molecule has 33 heavy (non-hydrogen) atoms. The largest absolute Gasteiger partial charge is 0.494 e. The number of hydrogen-bond donors (Lipinski definition) is 1. The van der Waals surface area contributed by atoms with Crippen molar-refractivity contribution < 1.29 is 17.3 Å². The Bertz CT molecular complexity index is 945. The molecule has 8 nitrogen and oxygen atoms in total. The first kappa shape index (κ1) is 25.1. The standard InChI is InChI=1S/C24H36N4O4S/c1-3-25-23-9-8-14-26-24(23)28-18-16-27(17-19-28)15-6-4-5-7-20-31-21-10-12-22(13-11-21)32-33(2,29)30/h8-14,25H,3-7,15-20H2,1-2H3. The van der Waals surface area contributed by atoms with Crippen molar-refractivity contribution in [3.8, 4) is 11.5 Å². The van der Waals surface area contributed by atoms with E-state index in [1.165, 1.54) is 12.8 Å². The third kappa shape index (κ3) is 8.74. The summed E-state index contributed by atoms with van der Waals surface area (Å²) >= 11 is 0. The van der Waals surface area contributed by atoms with Crippen molar-refractivity contribution in [2.75, 3.05) is 62.3 Å². The lowest BCUT2D eigenvalue weighted by molar-refractivity contribution is 0.249. The van der Waals surface area contributed by atoms with Crippen molar-refractivity contribution in [2.45, 2.75) is 32.6 Å². The number of aromatic nitrogens is 1. The maximum absolute atomic E-state index is 11.1. The fraction of sp³-hybridized carbons (Fsp3) is 0.542. The van der Waals surface area contributed by atoms with Gasteiger partial charge in [-0.1, -0.05) is 12.8 Å². The summed E-state index contributed by atoms with van der Waals surface area (Å²) < 4.78 is 32.8. The second kappa shape index (κ2) is 12.6. The number of benzene rings is 1. The highest BCUT2D eigenvalue weighted by Crippen LogP contribution is 2.24. The van der Waals surface area contributed by atoms with Crippen LogP contribution in [0.15, 0.2) is 42.6 Å². The third-order valence-corrected chi connectivity index (χ3v) is 6.03. The predicted molar refractivity (Wildman–Crippen MR) is 133 cm³/mol. The van der Waals surface area contributed by atoms with Crippen molar-refractivity contribution in [3.63, 3.8) is 0 Å². The Morgan fingerprint density at radius 3 is 2.36 bits per heavy atom. The quantitative estimate of drug-likeness (QED) is 0.347. The zero-order valence-corrected chi connectivity index (χ0v) is 20.5. The number of pyridine rings is 1. The third-order valence-electron chi connectivity index (χ3n) is 5.53. The van der Waals surface area contributed by atoms with E-state index in [0.717, 1.165) is 75.6 Å². The molecule has 1 aromatic carbocycles. The highest BCUT2D eigenvalue weighted by Gasteiger charge is 2.19. The molecule has 0 atom stereocenters. The second-order valence-electron chi connectivity index (χ2n) is 8.26.